The quantitative estimate of drug-likeness (QED) is 0.728. The lowest BCUT2D eigenvalue weighted by Gasteiger charge is -2.12. The van der Waals surface area contributed by atoms with Crippen LogP contribution in [0, 0.1) is 6.92 Å². The van der Waals surface area contributed by atoms with Crippen molar-refractivity contribution in [1.82, 2.24) is 0 Å². The van der Waals surface area contributed by atoms with E-state index in [4.69, 9.17) is 15.2 Å². The first-order valence-electron chi connectivity index (χ1n) is 4.86. The summed E-state index contributed by atoms with van der Waals surface area (Å²) in [6.07, 6.45) is 1.18. The van der Waals surface area contributed by atoms with E-state index in [1.807, 2.05) is 25.1 Å². The molecule has 1 saturated heterocycles. The number of nitrogen functional groups attached to an aromatic ring is 1. The Morgan fingerprint density at radius 2 is 2.36 bits per heavy atom. The fourth-order valence-electron chi connectivity index (χ4n) is 1.52. The summed E-state index contributed by atoms with van der Waals surface area (Å²) in [4.78, 5) is 0. The smallest absolute Gasteiger partial charge is 0.124 e. The molecule has 14 heavy (non-hydrogen) atoms. The minimum atomic E-state index is 0.207. The summed E-state index contributed by atoms with van der Waals surface area (Å²) in [5.74, 6) is 0.882. The van der Waals surface area contributed by atoms with E-state index in [1.165, 1.54) is 0 Å². The van der Waals surface area contributed by atoms with E-state index in [2.05, 4.69) is 0 Å². The highest BCUT2D eigenvalue weighted by Crippen LogP contribution is 2.21. The van der Waals surface area contributed by atoms with E-state index in [9.17, 15) is 0 Å². The van der Waals surface area contributed by atoms with Crippen LogP contribution < -0.4 is 10.5 Å². The highest BCUT2D eigenvalue weighted by atomic mass is 16.5. The predicted molar refractivity (Wildman–Crippen MR) is 55.4 cm³/mol. The molecular weight excluding hydrogens is 178 g/mol. The van der Waals surface area contributed by atoms with Crippen molar-refractivity contribution in [2.24, 2.45) is 0 Å². The molecule has 3 nitrogen and oxygen atoms in total. The summed E-state index contributed by atoms with van der Waals surface area (Å²) >= 11 is 0. The average Bonchev–Trinajstić information content (AvgIpc) is 2.64. The van der Waals surface area contributed by atoms with Gasteiger partial charge in [-0.05, 0) is 30.7 Å². The van der Waals surface area contributed by atoms with Gasteiger partial charge in [0.2, 0.25) is 0 Å². The Kier molecular flexibility index (Phi) is 2.59. The molecular formula is C11H15NO2. The maximum absolute atomic E-state index is 5.73. The van der Waals surface area contributed by atoms with Crippen LogP contribution >= 0.6 is 0 Å². The summed E-state index contributed by atoms with van der Waals surface area (Å²) in [6.45, 7) is 3.48. The van der Waals surface area contributed by atoms with E-state index in [0.29, 0.717) is 6.61 Å². The van der Waals surface area contributed by atoms with Crippen molar-refractivity contribution in [2.75, 3.05) is 18.9 Å². The molecule has 1 aromatic carbocycles. The molecule has 1 aromatic rings. The summed E-state index contributed by atoms with van der Waals surface area (Å²) in [7, 11) is 0. The monoisotopic (exact) mass is 193 g/mol. The number of aryl methyl sites for hydroxylation is 1. The summed E-state index contributed by atoms with van der Waals surface area (Å²) in [5, 5.41) is 0. The second kappa shape index (κ2) is 3.88. The zero-order valence-corrected chi connectivity index (χ0v) is 8.32. The van der Waals surface area contributed by atoms with Crippen LogP contribution in [0.25, 0.3) is 0 Å². The SMILES string of the molecule is Cc1cc(O[C@@H]2CCOC2)ccc1N. The third-order valence-corrected chi connectivity index (χ3v) is 2.43. The zero-order chi connectivity index (χ0) is 9.97. The topological polar surface area (TPSA) is 44.5 Å². The predicted octanol–water partition coefficient (Wildman–Crippen LogP) is 1.74. The third kappa shape index (κ3) is 1.99. The van der Waals surface area contributed by atoms with Crippen LogP contribution in [0.15, 0.2) is 18.2 Å². The molecule has 0 bridgehead atoms. The Hall–Kier alpha value is -1.22. The standard InChI is InChI=1S/C11H15NO2/c1-8-6-9(2-3-11(8)12)14-10-4-5-13-7-10/h2-3,6,10H,4-5,7,12H2,1H3/t10-/m1/s1. The Bertz CT molecular complexity index is 319. The summed E-state index contributed by atoms with van der Waals surface area (Å²) in [6, 6.07) is 5.74. The number of hydrogen-bond acceptors (Lipinski definition) is 3. The van der Waals surface area contributed by atoms with Crippen molar-refractivity contribution >= 4 is 5.69 Å². The van der Waals surface area contributed by atoms with Gasteiger partial charge in [-0.3, -0.25) is 0 Å². The number of nitrogens with two attached hydrogens (primary N) is 1. The molecule has 0 aromatic heterocycles. The van der Waals surface area contributed by atoms with Gasteiger partial charge in [-0.1, -0.05) is 0 Å². The first-order valence-corrected chi connectivity index (χ1v) is 4.86. The average molecular weight is 193 g/mol. The van der Waals surface area contributed by atoms with Crippen LogP contribution in [0.1, 0.15) is 12.0 Å². The van der Waals surface area contributed by atoms with Gasteiger partial charge >= 0.3 is 0 Å². The maximum atomic E-state index is 5.73. The van der Waals surface area contributed by atoms with Gasteiger partial charge < -0.3 is 15.2 Å². The van der Waals surface area contributed by atoms with Gasteiger partial charge in [0, 0.05) is 12.1 Å². The van der Waals surface area contributed by atoms with Crippen molar-refractivity contribution in [3.05, 3.63) is 23.8 Å². The minimum Gasteiger partial charge on any atom is -0.488 e. The van der Waals surface area contributed by atoms with E-state index in [0.717, 1.165) is 30.0 Å². The third-order valence-electron chi connectivity index (χ3n) is 2.43. The highest BCUT2D eigenvalue weighted by molar-refractivity contribution is 5.49. The van der Waals surface area contributed by atoms with Crippen LogP contribution in [0.5, 0.6) is 5.75 Å². The van der Waals surface area contributed by atoms with Crippen molar-refractivity contribution in [1.29, 1.82) is 0 Å². The van der Waals surface area contributed by atoms with Gasteiger partial charge in [0.25, 0.3) is 0 Å². The van der Waals surface area contributed by atoms with E-state index in [-0.39, 0.29) is 6.10 Å². The van der Waals surface area contributed by atoms with Gasteiger partial charge in [0.1, 0.15) is 11.9 Å². The van der Waals surface area contributed by atoms with Crippen LogP contribution in [-0.4, -0.2) is 19.3 Å². The van der Waals surface area contributed by atoms with Crippen molar-refractivity contribution in [3.63, 3.8) is 0 Å². The van der Waals surface area contributed by atoms with Crippen LogP contribution in [0.4, 0.5) is 5.69 Å². The van der Waals surface area contributed by atoms with E-state index >= 15 is 0 Å². The number of hydrogen-bond donors (Lipinski definition) is 1. The summed E-state index contributed by atoms with van der Waals surface area (Å²) in [5.41, 5.74) is 7.58. The molecule has 0 radical (unpaired) electrons. The highest BCUT2D eigenvalue weighted by Gasteiger charge is 2.17. The Morgan fingerprint density at radius 3 is 3.00 bits per heavy atom. The molecule has 0 spiro atoms. The molecule has 1 aliphatic rings. The number of benzene rings is 1. The molecule has 2 N–H and O–H groups in total. The molecule has 1 atom stereocenters. The van der Waals surface area contributed by atoms with Crippen molar-refractivity contribution in [3.8, 4) is 5.75 Å². The molecule has 76 valence electrons. The summed E-state index contributed by atoms with van der Waals surface area (Å²) < 4.78 is 11.0. The molecule has 2 rings (SSSR count). The minimum absolute atomic E-state index is 0.207. The van der Waals surface area contributed by atoms with Gasteiger partial charge in [-0.25, -0.2) is 0 Å². The second-order valence-corrected chi connectivity index (χ2v) is 3.62. The van der Waals surface area contributed by atoms with Crippen LogP contribution in [-0.2, 0) is 4.74 Å². The Labute approximate surface area is 83.8 Å². The van der Waals surface area contributed by atoms with E-state index in [1.54, 1.807) is 0 Å². The normalized spacial score (nSPS) is 21.1. The lowest BCUT2D eigenvalue weighted by Crippen LogP contribution is -2.15. The van der Waals surface area contributed by atoms with Gasteiger partial charge in [0.15, 0.2) is 0 Å². The number of ether oxygens (including phenoxy) is 2. The maximum Gasteiger partial charge on any atom is 0.124 e. The molecule has 0 aliphatic carbocycles. The molecule has 1 fully saturated rings. The van der Waals surface area contributed by atoms with Crippen molar-refractivity contribution in [2.45, 2.75) is 19.4 Å². The lowest BCUT2D eigenvalue weighted by molar-refractivity contribution is 0.141. The second-order valence-electron chi connectivity index (χ2n) is 3.62. The number of anilines is 1. The fourth-order valence-corrected chi connectivity index (χ4v) is 1.52. The Balaban J connectivity index is 2.05. The fraction of sp³-hybridized carbons (Fsp3) is 0.455. The van der Waals surface area contributed by atoms with Crippen LogP contribution in [0.2, 0.25) is 0 Å². The van der Waals surface area contributed by atoms with Gasteiger partial charge in [-0.15, -0.1) is 0 Å². The molecule has 0 unspecified atom stereocenters. The lowest BCUT2D eigenvalue weighted by atomic mass is 10.2. The molecule has 3 heteroatoms. The molecule has 0 amide bonds. The van der Waals surface area contributed by atoms with Crippen molar-refractivity contribution < 1.29 is 9.47 Å². The van der Waals surface area contributed by atoms with Gasteiger partial charge in [0.05, 0.1) is 13.2 Å². The van der Waals surface area contributed by atoms with Gasteiger partial charge in [-0.2, -0.15) is 0 Å². The van der Waals surface area contributed by atoms with Crippen LogP contribution in [0.3, 0.4) is 0 Å². The molecule has 1 aliphatic heterocycles. The largest absolute Gasteiger partial charge is 0.488 e. The Morgan fingerprint density at radius 1 is 1.50 bits per heavy atom. The first kappa shape index (κ1) is 9.34. The zero-order valence-electron chi connectivity index (χ0n) is 8.32. The molecule has 1 heterocycles. The van der Waals surface area contributed by atoms with E-state index < -0.39 is 0 Å². The number of rotatable bonds is 2. The molecule has 0 saturated carbocycles. The first-order chi connectivity index (χ1) is 6.75.